The van der Waals surface area contributed by atoms with Crippen molar-refractivity contribution in [2.24, 2.45) is 11.3 Å². The summed E-state index contributed by atoms with van der Waals surface area (Å²) in [4.78, 5) is 11.5. The van der Waals surface area contributed by atoms with Crippen LogP contribution in [0.25, 0.3) is 0 Å². The lowest BCUT2D eigenvalue weighted by Crippen LogP contribution is -2.44. The van der Waals surface area contributed by atoms with E-state index in [0.717, 1.165) is 0 Å². The zero-order valence-electron chi connectivity index (χ0n) is 9.18. The predicted molar refractivity (Wildman–Crippen MR) is 56.9 cm³/mol. The average Bonchev–Trinajstić information content (AvgIpc) is 2.70. The van der Waals surface area contributed by atoms with Crippen LogP contribution in [0.15, 0.2) is 0 Å². The number of carboxylic acid groups (broad SMARTS) is 1. The van der Waals surface area contributed by atoms with Gasteiger partial charge in [-0.1, -0.05) is 0 Å². The Bertz CT molecular complexity index is 401. The molecule has 0 saturated carbocycles. The molecule has 1 N–H and O–H groups in total. The molecule has 3 atom stereocenters. The summed E-state index contributed by atoms with van der Waals surface area (Å²) in [6, 6.07) is 0. The van der Waals surface area contributed by atoms with Crippen LogP contribution in [-0.2, 0) is 19.4 Å². The van der Waals surface area contributed by atoms with Crippen LogP contribution < -0.4 is 0 Å². The van der Waals surface area contributed by atoms with Gasteiger partial charge in [-0.05, 0) is 25.7 Å². The van der Waals surface area contributed by atoms with Crippen LogP contribution in [0.2, 0.25) is 0 Å². The van der Waals surface area contributed by atoms with E-state index >= 15 is 0 Å². The fraction of sp³-hybridized carbons (Fsp3) is 0.900. The summed E-state index contributed by atoms with van der Waals surface area (Å²) in [5.74, 6) is -1.11. The van der Waals surface area contributed by atoms with Crippen molar-refractivity contribution < 1.29 is 23.1 Å². The van der Waals surface area contributed by atoms with E-state index < -0.39 is 27.3 Å². The maximum Gasteiger partial charge on any atom is 0.312 e. The van der Waals surface area contributed by atoms with E-state index in [2.05, 4.69) is 0 Å². The maximum absolute atomic E-state index is 11.5. The lowest BCUT2D eigenvalue weighted by atomic mass is 9.70. The predicted octanol–water partition coefficient (Wildman–Crippen LogP) is 0.301. The Balaban J connectivity index is 2.31. The van der Waals surface area contributed by atoms with Crippen molar-refractivity contribution in [3.8, 4) is 0 Å². The third kappa shape index (κ3) is 1.64. The Labute approximate surface area is 94.7 Å². The van der Waals surface area contributed by atoms with Crippen molar-refractivity contribution in [2.75, 3.05) is 18.1 Å². The minimum atomic E-state index is -3.05. The Kier molecular flexibility index (Phi) is 2.74. The van der Waals surface area contributed by atoms with Crippen molar-refractivity contribution in [3.05, 3.63) is 0 Å². The van der Waals surface area contributed by atoms with E-state index in [-0.39, 0.29) is 17.4 Å². The summed E-state index contributed by atoms with van der Waals surface area (Å²) < 4.78 is 28.2. The van der Waals surface area contributed by atoms with Crippen molar-refractivity contribution >= 4 is 15.8 Å². The van der Waals surface area contributed by atoms with Crippen molar-refractivity contribution in [1.29, 1.82) is 0 Å². The molecule has 5 nitrogen and oxygen atoms in total. The van der Waals surface area contributed by atoms with Gasteiger partial charge in [-0.15, -0.1) is 0 Å². The Hall–Kier alpha value is -0.620. The number of rotatable bonds is 2. The number of sulfone groups is 1. The molecule has 2 fully saturated rings. The van der Waals surface area contributed by atoms with Gasteiger partial charge in [0.1, 0.15) is 0 Å². The van der Waals surface area contributed by atoms with Crippen LogP contribution in [0.3, 0.4) is 0 Å². The summed E-state index contributed by atoms with van der Waals surface area (Å²) in [7, 11) is -3.05. The lowest BCUT2D eigenvalue weighted by Gasteiger charge is -2.32. The van der Waals surface area contributed by atoms with Crippen LogP contribution in [0.1, 0.15) is 19.8 Å². The standard InChI is InChI=1S/C10H16O5S/c1-7-10(9(11)12,3-4-15-7)8-2-5-16(13,14)6-8/h7-8H,2-6H2,1H3,(H,11,12). The fourth-order valence-corrected chi connectivity index (χ4v) is 4.84. The van der Waals surface area contributed by atoms with Crippen molar-refractivity contribution in [3.63, 3.8) is 0 Å². The molecule has 6 heteroatoms. The summed E-state index contributed by atoms with van der Waals surface area (Å²) in [6.45, 7) is 2.13. The number of aliphatic carboxylic acids is 1. The highest BCUT2D eigenvalue weighted by Crippen LogP contribution is 2.46. The average molecular weight is 248 g/mol. The first-order valence-electron chi connectivity index (χ1n) is 5.44. The molecule has 0 bridgehead atoms. The largest absolute Gasteiger partial charge is 0.481 e. The van der Waals surface area contributed by atoms with E-state index in [0.29, 0.717) is 19.4 Å². The second-order valence-electron chi connectivity index (χ2n) is 4.71. The van der Waals surface area contributed by atoms with Gasteiger partial charge in [0.15, 0.2) is 9.84 Å². The molecule has 2 rings (SSSR count). The van der Waals surface area contributed by atoms with Crippen LogP contribution in [0, 0.1) is 11.3 Å². The third-order valence-corrected chi connectivity index (χ3v) is 5.74. The molecule has 2 aliphatic heterocycles. The minimum Gasteiger partial charge on any atom is -0.481 e. The Morgan fingerprint density at radius 3 is 2.56 bits per heavy atom. The number of carbonyl (C=O) groups is 1. The lowest BCUT2D eigenvalue weighted by molar-refractivity contribution is -0.155. The first-order chi connectivity index (χ1) is 7.38. The molecular formula is C10H16O5S. The highest BCUT2D eigenvalue weighted by molar-refractivity contribution is 7.91. The maximum atomic E-state index is 11.5. The molecule has 2 saturated heterocycles. The van der Waals surface area contributed by atoms with Gasteiger partial charge in [0.05, 0.1) is 23.0 Å². The van der Waals surface area contributed by atoms with Gasteiger partial charge in [0.2, 0.25) is 0 Å². The molecule has 0 amide bonds. The van der Waals surface area contributed by atoms with Gasteiger partial charge in [0.25, 0.3) is 0 Å². The SMILES string of the molecule is CC1OCCC1(C(=O)O)C1CCS(=O)(=O)C1. The second kappa shape index (κ2) is 3.70. The molecular weight excluding hydrogens is 232 g/mol. The van der Waals surface area contributed by atoms with Crippen LogP contribution in [0.5, 0.6) is 0 Å². The van der Waals surface area contributed by atoms with Crippen molar-refractivity contribution in [2.45, 2.75) is 25.9 Å². The van der Waals surface area contributed by atoms with Crippen LogP contribution in [-0.4, -0.2) is 43.7 Å². The smallest absolute Gasteiger partial charge is 0.312 e. The van der Waals surface area contributed by atoms with Gasteiger partial charge in [0, 0.05) is 6.61 Å². The first-order valence-corrected chi connectivity index (χ1v) is 7.26. The molecule has 92 valence electrons. The number of carboxylic acids is 1. The molecule has 16 heavy (non-hydrogen) atoms. The van der Waals surface area contributed by atoms with E-state index in [9.17, 15) is 18.3 Å². The molecule has 2 aliphatic rings. The normalized spacial score (nSPS) is 42.3. The van der Waals surface area contributed by atoms with Crippen LogP contribution >= 0.6 is 0 Å². The summed E-state index contributed by atoms with van der Waals surface area (Å²) in [5, 5.41) is 9.39. The summed E-state index contributed by atoms with van der Waals surface area (Å²) >= 11 is 0. The fourth-order valence-electron chi connectivity index (χ4n) is 2.95. The highest BCUT2D eigenvalue weighted by atomic mass is 32.2. The van der Waals surface area contributed by atoms with Gasteiger partial charge < -0.3 is 9.84 Å². The van der Waals surface area contributed by atoms with Gasteiger partial charge in [-0.2, -0.15) is 0 Å². The van der Waals surface area contributed by atoms with Gasteiger partial charge in [-0.3, -0.25) is 4.79 Å². The molecule has 0 spiro atoms. The Morgan fingerprint density at radius 2 is 2.19 bits per heavy atom. The first kappa shape index (κ1) is 11.9. The number of hydrogen-bond donors (Lipinski definition) is 1. The minimum absolute atomic E-state index is 0.00694. The van der Waals surface area contributed by atoms with E-state index in [1.54, 1.807) is 6.92 Å². The van der Waals surface area contributed by atoms with E-state index in [1.807, 2.05) is 0 Å². The topological polar surface area (TPSA) is 80.7 Å². The second-order valence-corrected chi connectivity index (χ2v) is 6.94. The number of ether oxygens (including phenoxy) is 1. The van der Waals surface area contributed by atoms with Crippen molar-refractivity contribution in [1.82, 2.24) is 0 Å². The van der Waals surface area contributed by atoms with Gasteiger partial charge >= 0.3 is 5.97 Å². The molecule has 0 aromatic carbocycles. The molecule has 0 radical (unpaired) electrons. The third-order valence-electron chi connectivity index (χ3n) is 3.97. The molecule has 3 unspecified atom stereocenters. The zero-order valence-corrected chi connectivity index (χ0v) is 10.00. The Morgan fingerprint density at radius 1 is 1.50 bits per heavy atom. The van der Waals surface area contributed by atoms with Crippen LogP contribution in [0.4, 0.5) is 0 Å². The summed E-state index contributed by atoms with van der Waals surface area (Å²) in [6.07, 6.45) is 0.467. The molecule has 0 aliphatic carbocycles. The monoisotopic (exact) mass is 248 g/mol. The quantitative estimate of drug-likeness (QED) is 0.760. The zero-order chi connectivity index (χ0) is 12.0. The molecule has 0 aromatic rings. The summed E-state index contributed by atoms with van der Waals surface area (Å²) in [5.41, 5.74) is -0.996. The van der Waals surface area contributed by atoms with E-state index in [4.69, 9.17) is 4.74 Å². The molecule has 0 aromatic heterocycles. The molecule has 2 heterocycles. The van der Waals surface area contributed by atoms with Gasteiger partial charge in [-0.25, -0.2) is 8.42 Å². The highest BCUT2D eigenvalue weighted by Gasteiger charge is 2.56. The van der Waals surface area contributed by atoms with E-state index in [1.165, 1.54) is 0 Å². The number of hydrogen-bond acceptors (Lipinski definition) is 4.